The second kappa shape index (κ2) is 9.66. The van der Waals surface area contributed by atoms with Gasteiger partial charge in [0, 0.05) is 22.7 Å². The number of carbonyl (C=O) groups is 1. The first-order valence-electron chi connectivity index (χ1n) is 11.2. The minimum absolute atomic E-state index is 0.199. The molecule has 9 heteroatoms. The highest BCUT2D eigenvalue weighted by atomic mass is 35.5. The van der Waals surface area contributed by atoms with Gasteiger partial charge in [-0.2, -0.15) is 0 Å². The quantitative estimate of drug-likeness (QED) is 0.371. The van der Waals surface area contributed by atoms with E-state index in [1.165, 1.54) is 11.3 Å². The summed E-state index contributed by atoms with van der Waals surface area (Å²) in [5.41, 5.74) is 8.23. The van der Waals surface area contributed by atoms with Crippen LogP contribution in [0.1, 0.15) is 41.1 Å². The molecule has 1 saturated heterocycles. The summed E-state index contributed by atoms with van der Waals surface area (Å²) in [4.78, 5) is 17.1. The van der Waals surface area contributed by atoms with Crippen molar-refractivity contribution in [2.75, 3.05) is 13.1 Å². The average Bonchev–Trinajstić information content (AvgIpc) is 3.44. The van der Waals surface area contributed by atoms with Gasteiger partial charge in [-0.1, -0.05) is 29.8 Å². The smallest absolute Gasteiger partial charge is 0.262 e. The zero-order valence-electron chi connectivity index (χ0n) is 18.7. The van der Waals surface area contributed by atoms with E-state index in [1.807, 2.05) is 60.0 Å². The van der Waals surface area contributed by atoms with Crippen molar-refractivity contribution in [1.29, 1.82) is 0 Å². The second-order valence-electron chi connectivity index (χ2n) is 8.26. The third-order valence-corrected chi connectivity index (χ3v) is 7.38. The fraction of sp³-hybridized carbons (Fsp3) is 0.280. The SMILES string of the molecule is CC(Oc1cc(-n2cnc3ccc(OC4CCNCC4)cc32)sc1C(N)=O)c1ccccc1Cl. The molecule has 0 aliphatic carbocycles. The Morgan fingerprint density at radius 1 is 1.24 bits per heavy atom. The first-order valence-corrected chi connectivity index (χ1v) is 12.4. The van der Waals surface area contributed by atoms with Crippen LogP contribution in [0.4, 0.5) is 0 Å². The van der Waals surface area contributed by atoms with E-state index in [9.17, 15) is 4.79 Å². The zero-order valence-corrected chi connectivity index (χ0v) is 20.2. The fourth-order valence-corrected chi connectivity index (χ4v) is 5.36. The highest BCUT2D eigenvalue weighted by Crippen LogP contribution is 2.37. The lowest BCUT2D eigenvalue weighted by Gasteiger charge is -2.23. The fourth-order valence-electron chi connectivity index (χ4n) is 4.14. The largest absolute Gasteiger partial charge is 0.490 e. The molecule has 176 valence electrons. The van der Waals surface area contributed by atoms with Crippen LogP contribution in [-0.4, -0.2) is 34.7 Å². The van der Waals surface area contributed by atoms with Gasteiger partial charge in [-0.15, -0.1) is 11.3 Å². The molecule has 3 heterocycles. The average molecular weight is 497 g/mol. The molecule has 0 spiro atoms. The van der Waals surface area contributed by atoms with Crippen molar-refractivity contribution in [2.24, 2.45) is 5.73 Å². The number of imidazole rings is 1. The van der Waals surface area contributed by atoms with Crippen molar-refractivity contribution < 1.29 is 14.3 Å². The number of fused-ring (bicyclic) bond motifs is 1. The van der Waals surface area contributed by atoms with Gasteiger partial charge in [0.05, 0.1) is 11.0 Å². The Balaban J connectivity index is 1.46. The lowest BCUT2D eigenvalue weighted by molar-refractivity contribution is 0.0998. The summed E-state index contributed by atoms with van der Waals surface area (Å²) in [5.74, 6) is 0.678. The molecule has 7 nitrogen and oxygen atoms in total. The second-order valence-corrected chi connectivity index (χ2v) is 9.69. The zero-order chi connectivity index (χ0) is 23.7. The number of piperidine rings is 1. The maximum absolute atomic E-state index is 12.2. The van der Waals surface area contributed by atoms with Gasteiger partial charge in [0.25, 0.3) is 5.91 Å². The number of nitrogens with one attached hydrogen (secondary N) is 1. The number of primary amides is 1. The number of hydrogen-bond acceptors (Lipinski definition) is 6. The molecule has 1 atom stereocenters. The van der Waals surface area contributed by atoms with Crippen LogP contribution in [-0.2, 0) is 0 Å². The Bertz CT molecular complexity index is 1330. The van der Waals surface area contributed by atoms with Gasteiger partial charge in [-0.05, 0) is 51.1 Å². The van der Waals surface area contributed by atoms with Gasteiger partial charge in [0.1, 0.15) is 39.9 Å². The van der Waals surface area contributed by atoms with E-state index in [2.05, 4.69) is 10.3 Å². The van der Waals surface area contributed by atoms with Crippen LogP contribution in [0.5, 0.6) is 11.5 Å². The number of nitrogens with zero attached hydrogens (tertiary/aromatic N) is 2. The molecule has 1 aliphatic heterocycles. The van der Waals surface area contributed by atoms with Crippen molar-refractivity contribution >= 4 is 39.9 Å². The molecular weight excluding hydrogens is 472 g/mol. The standard InChI is InChI=1S/C25H25ClN4O3S/c1-15(18-4-2-3-5-19(18)26)32-22-13-23(34-24(22)25(27)31)30-14-29-20-7-6-17(12-21(20)30)33-16-8-10-28-11-9-16/h2-7,12-16,28H,8-11H2,1H3,(H2,27,31). The minimum atomic E-state index is -0.544. The van der Waals surface area contributed by atoms with Gasteiger partial charge < -0.3 is 20.5 Å². The molecule has 0 bridgehead atoms. The first-order chi connectivity index (χ1) is 16.5. The van der Waals surface area contributed by atoms with Crippen molar-refractivity contribution in [2.45, 2.75) is 32.0 Å². The van der Waals surface area contributed by atoms with E-state index in [0.29, 0.717) is 15.6 Å². The Hall–Kier alpha value is -3.07. The highest BCUT2D eigenvalue weighted by Gasteiger charge is 2.21. The maximum Gasteiger partial charge on any atom is 0.262 e. The number of hydrogen-bond donors (Lipinski definition) is 2. The van der Waals surface area contributed by atoms with Crippen LogP contribution in [0, 0.1) is 0 Å². The molecule has 1 unspecified atom stereocenters. The number of halogens is 1. The number of aromatic nitrogens is 2. The Morgan fingerprint density at radius 3 is 2.79 bits per heavy atom. The van der Waals surface area contributed by atoms with Crippen LogP contribution < -0.4 is 20.5 Å². The summed E-state index contributed by atoms with van der Waals surface area (Å²) in [5, 5.41) is 4.73. The van der Waals surface area contributed by atoms with Crippen molar-refractivity contribution in [3.05, 3.63) is 70.3 Å². The minimum Gasteiger partial charge on any atom is -0.490 e. The number of amides is 1. The molecule has 0 radical (unpaired) electrons. The van der Waals surface area contributed by atoms with E-state index in [-0.39, 0.29) is 12.2 Å². The van der Waals surface area contributed by atoms with Gasteiger partial charge in [0.15, 0.2) is 0 Å². The van der Waals surface area contributed by atoms with Gasteiger partial charge in [-0.25, -0.2) is 4.98 Å². The molecule has 34 heavy (non-hydrogen) atoms. The number of benzene rings is 2. The molecule has 4 aromatic rings. The highest BCUT2D eigenvalue weighted by molar-refractivity contribution is 7.16. The van der Waals surface area contributed by atoms with Gasteiger partial charge in [0.2, 0.25) is 0 Å². The molecule has 5 rings (SSSR count). The van der Waals surface area contributed by atoms with Crippen molar-refractivity contribution in [1.82, 2.24) is 14.9 Å². The van der Waals surface area contributed by atoms with E-state index < -0.39 is 5.91 Å². The molecule has 1 fully saturated rings. The van der Waals surface area contributed by atoms with Crippen molar-refractivity contribution in [3.63, 3.8) is 0 Å². The number of nitrogens with two attached hydrogens (primary N) is 1. The molecule has 2 aromatic heterocycles. The Kier molecular flexibility index (Phi) is 6.45. The lowest BCUT2D eigenvalue weighted by atomic mass is 10.1. The number of carbonyl (C=O) groups excluding carboxylic acids is 1. The first kappa shape index (κ1) is 22.7. The molecule has 3 N–H and O–H groups in total. The number of ether oxygens (including phenoxy) is 2. The maximum atomic E-state index is 12.2. The summed E-state index contributed by atoms with van der Waals surface area (Å²) in [6.07, 6.45) is 3.53. The number of thiophene rings is 1. The predicted octanol–water partition coefficient (Wildman–Crippen LogP) is 5.11. The Morgan fingerprint density at radius 2 is 2.03 bits per heavy atom. The summed E-state index contributed by atoms with van der Waals surface area (Å²) < 4.78 is 14.3. The molecular formula is C25H25ClN4O3S. The lowest BCUT2D eigenvalue weighted by Crippen LogP contribution is -2.34. The van der Waals surface area contributed by atoms with Crippen LogP contribution in [0.15, 0.2) is 54.9 Å². The third kappa shape index (κ3) is 4.61. The van der Waals surface area contributed by atoms with E-state index in [0.717, 1.165) is 53.3 Å². The molecule has 0 saturated carbocycles. The Labute approximate surface area is 206 Å². The predicted molar refractivity (Wildman–Crippen MR) is 134 cm³/mol. The number of rotatable bonds is 7. The summed E-state index contributed by atoms with van der Waals surface area (Å²) in [6, 6.07) is 15.2. The normalized spacial score (nSPS) is 15.4. The van der Waals surface area contributed by atoms with Gasteiger partial charge in [-0.3, -0.25) is 9.36 Å². The summed E-state index contributed by atoms with van der Waals surface area (Å²) in [7, 11) is 0. The molecule has 1 aliphatic rings. The van der Waals surface area contributed by atoms with E-state index >= 15 is 0 Å². The van der Waals surface area contributed by atoms with Gasteiger partial charge >= 0.3 is 0 Å². The topological polar surface area (TPSA) is 91.4 Å². The third-order valence-electron chi connectivity index (χ3n) is 5.90. The van der Waals surface area contributed by atoms with Crippen LogP contribution in [0.25, 0.3) is 16.0 Å². The van der Waals surface area contributed by atoms with Crippen molar-refractivity contribution in [3.8, 4) is 16.5 Å². The van der Waals surface area contributed by atoms with Crippen LogP contribution in [0.2, 0.25) is 5.02 Å². The summed E-state index contributed by atoms with van der Waals surface area (Å²) in [6.45, 7) is 3.82. The molecule has 2 aromatic carbocycles. The summed E-state index contributed by atoms with van der Waals surface area (Å²) >= 11 is 7.59. The molecule has 1 amide bonds. The van der Waals surface area contributed by atoms with E-state index in [4.69, 9.17) is 26.8 Å². The monoisotopic (exact) mass is 496 g/mol. The van der Waals surface area contributed by atoms with E-state index in [1.54, 1.807) is 6.33 Å². The van der Waals surface area contributed by atoms with Crippen LogP contribution >= 0.6 is 22.9 Å². The van der Waals surface area contributed by atoms with Crippen LogP contribution in [0.3, 0.4) is 0 Å².